The van der Waals surface area contributed by atoms with Gasteiger partial charge in [0.1, 0.15) is 5.78 Å². The molecule has 4 aliphatic carbocycles. The lowest BCUT2D eigenvalue weighted by Gasteiger charge is -2.62. The number of carbonyl (C=O) groups is 2. The zero-order valence-corrected chi connectivity index (χ0v) is 23.7. The van der Waals surface area contributed by atoms with Crippen LogP contribution in [0.5, 0.6) is 0 Å². The first kappa shape index (κ1) is 28.1. The number of aliphatic hydroxyl groups is 1. The van der Waals surface area contributed by atoms with E-state index in [0.29, 0.717) is 29.5 Å². The fourth-order valence-corrected chi connectivity index (χ4v) is 9.40. The van der Waals surface area contributed by atoms with Gasteiger partial charge in [-0.1, -0.05) is 65.7 Å². The molecule has 0 spiro atoms. The molecule has 0 saturated heterocycles. The molecule has 36 heavy (non-hydrogen) atoms. The van der Waals surface area contributed by atoms with Gasteiger partial charge in [0.15, 0.2) is 0 Å². The zero-order chi connectivity index (χ0) is 25.8. The van der Waals surface area contributed by atoms with E-state index in [2.05, 4.69) is 26.1 Å². The number of Topliss-reactive ketones (excluding diaryl/α,β-unsaturated/α-hetero) is 1. The Morgan fingerprint density at radius 1 is 0.944 bits per heavy atom. The van der Waals surface area contributed by atoms with Crippen molar-refractivity contribution in [3.63, 3.8) is 0 Å². The number of hydrogen-bond donors (Lipinski definition) is 2. The molecule has 0 aromatic heterocycles. The number of hydrogen-bond acceptors (Lipinski definition) is 3. The van der Waals surface area contributed by atoms with Gasteiger partial charge in [-0.25, -0.2) is 0 Å². The Morgan fingerprint density at radius 3 is 2.50 bits per heavy atom. The predicted molar refractivity (Wildman–Crippen MR) is 146 cm³/mol. The van der Waals surface area contributed by atoms with Crippen LogP contribution in [0.1, 0.15) is 136 Å². The van der Waals surface area contributed by atoms with Gasteiger partial charge >= 0.3 is 0 Å². The number of carbonyl (C=O) groups excluding carboxylic acids is 2. The van der Waals surface area contributed by atoms with E-state index in [4.69, 9.17) is 0 Å². The summed E-state index contributed by atoms with van der Waals surface area (Å²) in [5.41, 5.74) is 0.450. The van der Waals surface area contributed by atoms with Crippen LogP contribution in [-0.2, 0) is 9.59 Å². The molecule has 4 heteroatoms. The van der Waals surface area contributed by atoms with Crippen LogP contribution in [0.3, 0.4) is 0 Å². The SMILES string of the molecule is CCCCCNC(=O)CCCCCCC[C@@H]1C[C@H]2CC(=O)CC[C@]2(C)[C@H]2CC[C@]3(C)[C@@H](O)CC[C@H]3[C@H]12. The lowest BCUT2D eigenvalue weighted by molar-refractivity contribution is -0.156. The smallest absolute Gasteiger partial charge is 0.219 e. The number of fused-ring (bicyclic) bond motifs is 5. The Bertz CT molecular complexity index is 752. The highest BCUT2D eigenvalue weighted by Gasteiger charge is 2.62. The van der Waals surface area contributed by atoms with Gasteiger partial charge in [-0.05, 0) is 91.8 Å². The van der Waals surface area contributed by atoms with Crippen molar-refractivity contribution in [2.75, 3.05) is 6.54 Å². The molecular formula is C32H55NO3. The maximum absolute atomic E-state index is 12.4. The van der Waals surface area contributed by atoms with Crippen LogP contribution in [0.4, 0.5) is 0 Å². The summed E-state index contributed by atoms with van der Waals surface area (Å²) in [6, 6.07) is 0. The van der Waals surface area contributed by atoms with Crippen molar-refractivity contribution < 1.29 is 14.7 Å². The minimum absolute atomic E-state index is 0.115. The fraction of sp³-hybridized carbons (Fsp3) is 0.938. The maximum Gasteiger partial charge on any atom is 0.219 e. The average Bonchev–Trinajstić information content (AvgIpc) is 3.16. The summed E-state index contributed by atoms with van der Waals surface area (Å²) in [5, 5.41) is 14.0. The Balaban J connectivity index is 1.27. The first-order chi connectivity index (χ1) is 17.3. The summed E-state index contributed by atoms with van der Waals surface area (Å²) in [4.78, 5) is 24.4. The third-order valence-corrected chi connectivity index (χ3v) is 11.7. The first-order valence-corrected chi connectivity index (χ1v) is 15.8. The van der Waals surface area contributed by atoms with Crippen molar-refractivity contribution in [1.29, 1.82) is 0 Å². The quantitative estimate of drug-likeness (QED) is 0.277. The van der Waals surface area contributed by atoms with Crippen LogP contribution in [0.2, 0.25) is 0 Å². The molecule has 0 aromatic rings. The van der Waals surface area contributed by atoms with Crippen LogP contribution in [0.15, 0.2) is 0 Å². The molecule has 8 atom stereocenters. The van der Waals surface area contributed by atoms with E-state index in [9.17, 15) is 14.7 Å². The number of unbranched alkanes of at least 4 members (excludes halogenated alkanes) is 6. The van der Waals surface area contributed by atoms with Crippen molar-refractivity contribution >= 4 is 11.7 Å². The molecule has 1 amide bonds. The van der Waals surface area contributed by atoms with Crippen LogP contribution in [0.25, 0.3) is 0 Å². The molecule has 0 aromatic carbocycles. The van der Waals surface area contributed by atoms with Crippen molar-refractivity contribution in [2.45, 2.75) is 142 Å². The first-order valence-electron chi connectivity index (χ1n) is 15.8. The normalized spacial score (nSPS) is 39.8. The number of nitrogens with one attached hydrogen (secondary N) is 1. The molecule has 4 aliphatic rings. The van der Waals surface area contributed by atoms with E-state index in [-0.39, 0.29) is 17.4 Å². The summed E-state index contributed by atoms with van der Waals surface area (Å²) in [7, 11) is 0. The Kier molecular flexibility index (Phi) is 9.61. The molecule has 4 rings (SSSR count). The van der Waals surface area contributed by atoms with Gasteiger partial charge < -0.3 is 10.4 Å². The Morgan fingerprint density at radius 2 is 1.69 bits per heavy atom. The number of aliphatic hydroxyl groups excluding tert-OH is 1. The third-order valence-electron chi connectivity index (χ3n) is 11.7. The van der Waals surface area contributed by atoms with Crippen molar-refractivity contribution in [1.82, 2.24) is 5.32 Å². The fourth-order valence-electron chi connectivity index (χ4n) is 9.40. The van der Waals surface area contributed by atoms with Gasteiger partial charge in [-0.3, -0.25) is 9.59 Å². The molecule has 0 bridgehead atoms. The average molecular weight is 502 g/mol. The van der Waals surface area contributed by atoms with E-state index < -0.39 is 0 Å². The number of rotatable bonds is 12. The van der Waals surface area contributed by atoms with Crippen LogP contribution >= 0.6 is 0 Å². The largest absolute Gasteiger partial charge is 0.393 e. The topological polar surface area (TPSA) is 66.4 Å². The maximum atomic E-state index is 12.4. The molecule has 0 radical (unpaired) electrons. The highest BCUT2D eigenvalue weighted by atomic mass is 16.3. The molecule has 4 saturated carbocycles. The van der Waals surface area contributed by atoms with E-state index in [1.54, 1.807) is 0 Å². The van der Waals surface area contributed by atoms with Crippen molar-refractivity contribution in [3.05, 3.63) is 0 Å². The Hall–Kier alpha value is -0.900. The minimum atomic E-state index is -0.119. The molecule has 2 N–H and O–H groups in total. The molecule has 0 heterocycles. The van der Waals surface area contributed by atoms with Crippen molar-refractivity contribution in [3.8, 4) is 0 Å². The van der Waals surface area contributed by atoms with Gasteiger partial charge in [0, 0.05) is 25.8 Å². The molecular weight excluding hydrogens is 446 g/mol. The lowest BCUT2D eigenvalue weighted by Crippen LogP contribution is -2.57. The summed E-state index contributed by atoms with van der Waals surface area (Å²) < 4.78 is 0. The summed E-state index contributed by atoms with van der Waals surface area (Å²) in [6.07, 6.45) is 19.8. The number of amides is 1. The van der Waals surface area contributed by atoms with Gasteiger partial charge in [-0.15, -0.1) is 0 Å². The monoisotopic (exact) mass is 501 g/mol. The predicted octanol–water partition coefficient (Wildman–Crippen LogP) is 7.22. The van der Waals surface area contributed by atoms with Gasteiger partial charge in [0.25, 0.3) is 0 Å². The van der Waals surface area contributed by atoms with Gasteiger partial charge in [0.2, 0.25) is 5.91 Å². The third kappa shape index (κ3) is 5.89. The van der Waals surface area contributed by atoms with E-state index in [1.165, 1.54) is 64.2 Å². The molecule has 206 valence electrons. The zero-order valence-electron chi connectivity index (χ0n) is 23.7. The summed E-state index contributed by atoms with van der Waals surface area (Å²) >= 11 is 0. The number of ketones is 1. The second-order valence-electron chi connectivity index (χ2n) is 13.7. The van der Waals surface area contributed by atoms with E-state index in [0.717, 1.165) is 69.2 Å². The van der Waals surface area contributed by atoms with E-state index >= 15 is 0 Å². The van der Waals surface area contributed by atoms with Crippen LogP contribution in [-0.4, -0.2) is 29.4 Å². The molecule has 4 fully saturated rings. The standard InChI is InChI=1S/C32H55NO3/c1-4-5-11-20-33-29(36)13-10-8-6-7-9-12-23-21-24-22-25(34)16-18-31(24,2)27-17-19-32(3)26(30(23)27)14-15-28(32)35/h23-24,26-28,30,35H,4-22H2,1-3H3,(H,33,36)/t23-,24+,26+,27+,28+,30+,31+,32+/m1/s1. The van der Waals surface area contributed by atoms with Crippen molar-refractivity contribution in [2.24, 2.45) is 40.4 Å². The minimum Gasteiger partial charge on any atom is -0.393 e. The van der Waals surface area contributed by atoms with E-state index in [1.807, 2.05) is 0 Å². The molecule has 0 unspecified atom stereocenters. The summed E-state index contributed by atoms with van der Waals surface area (Å²) in [5.74, 6) is 4.19. The second-order valence-corrected chi connectivity index (χ2v) is 13.7. The Labute approximate surface area is 221 Å². The summed E-state index contributed by atoms with van der Waals surface area (Å²) in [6.45, 7) is 7.94. The highest BCUT2D eigenvalue weighted by molar-refractivity contribution is 5.79. The highest BCUT2D eigenvalue weighted by Crippen LogP contribution is 2.67. The van der Waals surface area contributed by atoms with Gasteiger partial charge in [-0.2, -0.15) is 0 Å². The lowest BCUT2D eigenvalue weighted by atomic mass is 9.42. The second kappa shape index (κ2) is 12.3. The molecule has 4 nitrogen and oxygen atoms in total. The van der Waals surface area contributed by atoms with Gasteiger partial charge in [0.05, 0.1) is 6.10 Å². The van der Waals surface area contributed by atoms with Crippen LogP contribution in [0, 0.1) is 40.4 Å². The van der Waals surface area contributed by atoms with Crippen LogP contribution < -0.4 is 5.32 Å². The molecule has 0 aliphatic heterocycles.